The molecule has 2 fully saturated rings. The number of hydrogen-bond acceptors (Lipinski definition) is 5. The molecule has 1 amide bonds. The summed E-state index contributed by atoms with van der Waals surface area (Å²) in [6, 6.07) is 6.28. The number of hydrogen-bond donors (Lipinski definition) is 0. The quantitative estimate of drug-likeness (QED) is 0.730. The minimum absolute atomic E-state index is 0.0495. The molecule has 27 heavy (non-hydrogen) atoms. The molecule has 0 aromatic heterocycles. The van der Waals surface area contributed by atoms with Crippen molar-refractivity contribution in [3.05, 3.63) is 29.8 Å². The second-order valence-electron chi connectivity index (χ2n) is 6.96. The molecule has 2 saturated heterocycles. The highest BCUT2D eigenvalue weighted by atomic mass is 32.2. The van der Waals surface area contributed by atoms with E-state index in [1.54, 1.807) is 12.1 Å². The highest BCUT2D eigenvalue weighted by molar-refractivity contribution is 7.89. The van der Waals surface area contributed by atoms with Gasteiger partial charge in [0.05, 0.1) is 24.7 Å². The van der Waals surface area contributed by atoms with Crippen LogP contribution in [0.3, 0.4) is 0 Å². The number of nitrogens with zero attached hydrogens (tertiary/aromatic N) is 2. The molecule has 2 heterocycles. The van der Waals surface area contributed by atoms with Gasteiger partial charge in [-0.05, 0) is 49.9 Å². The van der Waals surface area contributed by atoms with Gasteiger partial charge in [-0.1, -0.05) is 0 Å². The molecule has 0 N–H and O–H groups in total. The van der Waals surface area contributed by atoms with Crippen LogP contribution in [0.1, 0.15) is 30.1 Å². The van der Waals surface area contributed by atoms with Crippen molar-refractivity contribution < 1.29 is 22.7 Å². The van der Waals surface area contributed by atoms with E-state index in [4.69, 9.17) is 9.47 Å². The number of carbonyl (C=O) groups is 1. The Hall–Kier alpha value is -1.48. The molecule has 2 aliphatic heterocycles. The van der Waals surface area contributed by atoms with Crippen LogP contribution < -0.4 is 0 Å². The standard InChI is InChI=1S/C19H28N2O5S/c1-2-25-15-16-4-3-9-20(14-16)19(22)17-5-7-18(8-6-17)27(23,24)21-10-12-26-13-11-21/h5-8,16H,2-4,9-15H2,1H3. The van der Waals surface area contributed by atoms with Crippen LogP contribution in [-0.2, 0) is 19.5 Å². The Morgan fingerprint density at radius 1 is 1.19 bits per heavy atom. The second-order valence-corrected chi connectivity index (χ2v) is 8.90. The van der Waals surface area contributed by atoms with Crippen molar-refractivity contribution >= 4 is 15.9 Å². The second kappa shape index (κ2) is 9.14. The number of benzene rings is 1. The zero-order valence-corrected chi connectivity index (χ0v) is 16.6. The topological polar surface area (TPSA) is 76.2 Å². The maximum atomic E-state index is 12.8. The van der Waals surface area contributed by atoms with Crippen molar-refractivity contribution in [3.63, 3.8) is 0 Å². The van der Waals surface area contributed by atoms with E-state index in [1.807, 2.05) is 11.8 Å². The fourth-order valence-corrected chi connectivity index (χ4v) is 4.97. The molecule has 0 saturated carbocycles. The highest BCUT2D eigenvalue weighted by Crippen LogP contribution is 2.21. The van der Waals surface area contributed by atoms with E-state index < -0.39 is 10.0 Å². The van der Waals surface area contributed by atoms with Gasteiger partial charge in [-0.25, -0.2) is 8.42 Å². The van der Waals surface area contributed by atoms with Gasteiger partial charge in [0, 0.05) is 38.3 Å². The van der Waals surface area contributed by atoms with E-state index in [0.717, 1.165) is 19.4 Å². The van der Waals surface area contributed by atoms with Gasteiger partial charge < -0.3 is 14.4 Å². The van der Waals surface area contributed by atoms with Gasteiger partial charge in [0.15, 0.2) is 0 Å². The molecule has 150 valence electrons. The van der Waals surface area contributed by atoms with Crippen molar-refractivity contribution in [2.45, 2.75) is 24.7 Å². The van der Waals surface area contributed by atoms with Crippen LogP contribution in [0, 0.1) is 5.92 Å². The Kier molecular flexibility index (Phi) is 6.86. The lowest BCUT2D eigenvalue weighted by molar-refractivity contribution is 0.0501. The smallest absolute Gasteiger partial charge is 0.253 e. The fraction of sp³-hybridized carbons (Fsp3) is 0.632. The molecular weight excluding hydrogens is 368 g/mol. The lowest BCUT2D eigenvalue weighted by atomic mass is 9.98. The monoisotopic (exact) mass is 396 g/mol. The largest absolute Gasteiger partial charge is 0.381 e. The van der Waals surface area contributed by atoms with Crippen molar-refractivity contribution in [2.75, 3.05) is 52.6 Å². The summed E-state index contributed by atoms with van der Waals surface area (Å²) in [5.74, 6) is 0.315. The van der Waals surface area contributed by atoms with Crippen LogP contribution in [0.25, 0.3) is 0 Å². The summed E-state index contributed by atoms with van der Waals surface area (Å²) < 4.78 is 37.5. The number of carbonyl (C=O) groups excluding carboxylic acids is 1. The van der Waals surface area contributed by atoms with Crippen molar-refractivity contribution in [2.24, 2.45) is 5.92 Å². The van der Waals surface area contributed by atoms with Gasteiger partial charge in [0.25, 0.3) is 5.91 Å². The third-order valence-corrected chi connectivity index (χ3v) is 6.99. The van der Waals surface area contributed by atoms with Crippen LogP contribution in [0.2, 0.25) is 0 Å². The molecule has 3 rings (SSSR count). The van der Waals surface area contributed by atoms with Crippen LogP contribution in [-0.4, -0.2) is 76.1 Å². The number of likely N-dealkylation sites (tertiary alicyclic amines) is 1. The van der Waals surface area contributed by atoms with Gasteiger partial charge in [0.1, 0.15) is 0 Å². The Morgan fingerprint density at radius 2 is 1.89 bits per heavy atom. The summed E-state index contributed by atoms with van der Waals surface area (Å²) in [6.07, 6.45) is 2.04. The van der Waals surface area contributed by atoms with E-state index in [2.05, 4.69) is 0 Å². The average Bonchev–Trinajstić information content (AvgIpc) is 2.72. The van der Waals surface area contributed by atoms with Gasteiger partial charge in [-0.3, -0.25) is 4.79 Å². The van der Waals surface area contributed by atoms with Gasteiger partial charge in [-0.2, -0.15) is 4.31 Å². The van der Waals surface area contributed by atoms with Crippen molar-refractivity contribution in [3.8, 4) is 0 Å². The molecule has 1 atom stereocenters. The van der Waals surface area contributed by atoms with Crippen LogP contribution in [0.15, 0.2) is 29.2 Å². The van der Waals surface area contributed by atoms with Crippen LogP contribution in [0.5, 0.6) is 0 Å². The molecule has 8 heteroatoms. The molecule has 7 nitrogen and oxygen atoms in total. The van der Waals surface area contributed by atoms with Gasteiger partial charge in [-0.15, -0.1) is 0 Å². The van der Waals surface area contributed by atoms with Gasteiger partial charge in [0.2, 0.25) is 10.0 Å². The summed E-state index contributed by atoms with van der Waals surface area (Å²) in [6.45, 7) is 6.29. The van der Waals surface area contributed by atoms with Crippen LogP contribution >= 0.6 is 0 Å². The van der Waals surface area contributed by atoms with E-state index in [0.29, 0.717) is 57.5 Å². The number of morpholine rings is 1. The molecule has 0 radical (unpaired) electrons. The van der Waals surface area contributed by atoms with Crippen molar-refractivity contribution in [1.29, 1.82) is 0 Å². The fourth-order valence-electron chi connectivity index (χ4n) is 3.56. The highest BCUT2D eigenvalue weighted by Gasteiger charge is 2.28. The molecule has 0 bridgehead atoms. The molecule has 1 aromatic carbocycles. The number of amides is 1. The Morgan fingerprint density at radius 3 is 2.56 bits per heavy atom. The van der Waals surface area contributed by atoms with Gasteiger partial charge >= 0.3 is 0 Å². The summed E-state index contributed by atoms with van der Waals surface area (Å²) in [4.78, 5) is 14.9. The predicted octanol–water partition coefficient (Wildman–Crippen LogP) is 1.60. The average molecular weight is 397 g/mol. The first-order chi connectivity index (χ1) is 13.0. The predicted molar refractivity (Wildman–Crippen MR) is 101 cm³/mol. The Balaban J connectivity index is 1.66. The lowest BCUT2D eigenvalue weighted by Gasteiger charge is -2.32. The van der Waals surface area contributed by atoms with Crippen molar-refractivity contribution in [1.82, 2.24) is 9.21 Å². The zero-order chi connectivity index (χ0) is 19.3. The minimum Gasteiger partial charge on any atom is -0.381 e. The first kappa shape index (κ1) is 20.3. The number of sulfonamides is 1. The molecule has 0 spiro atoms. The van der Waals surface area contributed by atoms with Crippen LogP contribution in [0.4, 0.5) is 0 Å². The molecule has 1 aromatic rings. The number of rotatable bonds is 6. The minimum atomic E-state index is -3.54. The Bertz CT molecular complexity index is 729. The Labute approximate surface area is 161 Å². The third-order valence-electron chi connectivity index (χ3n) is 5.07. The number of ether oxygens (including phenoxy) is 2. The molecule has 0 aliphatic carbocycles. The molecular formula is C19H28N2O5S. The van der Waals surface area contributed by atoms with E-state index >= 15 is 0 Å². The maximum absolute atomic E-state index is 12.8. The third kappa shape index (κ3) is 4.87. The van der Waals surface area contributed by atoms with E-state index in [-0.39, 0.29) is 10.8 Å². The normalized spacial score (nSPS) is 22.0. The first-order valence-corrected chi connectivity index (χ1v) is 11.0. The van der Waals surface area contributed by atoms with E-state index in [9.17, 15) is 13.2 Å². The summed E-state index contributed by atoms with van der Waals surface area (Å²) >= 11 is 0. The zero-order valence-electron chi connectivity index (χ0n) is 15.8. The SMILES string of the molecule is CCOCC1CCCN(C(=O)c2ccc(S(=O)(=O)N3CCOCC3)cc2)C1. The summed E-state index contributed by atoms with van der Waals surface area (Å²) in [5.41, 5.74) is 0.521. The maximum Gasteiger partial charge on any atom is 0.253 e. The molecule has 2 aliphatic rings. The molecule has 1 unspecified atom stereocenters. The number of piperidine rings is 1. The summed E-state index contributed by atoms with van der Waals surface area (Å²) in [7, 11) is -3.54. The first-order valence-electron chi connectivity index (χ1n) is 9.57. The summed E-state index contributed by atoms with van der Waals surface area (Å²) in [5, 5.41) is 0. The van der Waals surface area contributed by atoms with E-state index in [1.165, 1.54) is 16.4 Å². The lowest BCUT2D eigenvalue weighted by Crippen LogP contribution is -2.41.